The number of rotatable bonds is 5. The van der Waals surface area contributed by atoms with Gasteiger partial charge in [0.1, 0.15) is 0 Å². The molecular formula is C12H27Cl2N3O. The Morgan fingerprint density at radius 2 is 1.89 bits per heavy atom. The average Bonchev–Trinajstić information content (AvgIpc) is 2.30. The fourth-order valence-electron chi connectivity index (χ4n) is 2.14. The molecule has 1 saturated heterocycles. The number of nitrogens with zero attached hydrogens (tertiary/aromatic N) is 1. The topological polar surface area (TPSA) is 44.4 Å². The number of nitrogens with one attached hydrogen (secondary N) is 2. The van der Waals surface area contributed by atoms with Crippen molar-refractivity contribution < 1.29 is 4.79 Å². The summed E-state index contributed by atoms with van der Waals surface area (Å²) in [4.78, 5) is 14.2. The van der Waals surface area contributed by atoms with Crippen LogP contribution in [0.25, 0.3) is 0 Å². The number of carbonyl (C=O) groups is 1. The third kappa shape index (κ3) is 6.78. The number of carbonyl (C=O) groups excluding carboxylic acids is 1. The van der Waals surface area contributed by atoms with E-state index in [-0.39, 0.29) is 36.6 Å². The van der Waals surface area contributed by atoms with Crippen molar-refractivity contribution in [2.45, 2.75) is 32.7 Å². The first kappa shape index (κ1) is 20.3. The normalized spacial score (nSPS) is 18.4. The molecule has 0 radical (unpaired) electrons. The van der Waals surface area contributed by atoms with Crippen molar-refractivity contribution in [3.05, 3.63) is 0 Å². The standard InChI is InChI=1S/C12H25N3O.2ClH/c1-4-15-7-5-11(6-8-15)14-12(16)10(2)9-13-3;;/h10-11,13H,4-9H2,1-3H3,(H,14,16);2*1H. The first-order valence-electron chi connectivity index (χ1n) is 6.34. The van der Waals surface area contributed by atoms with Crippen LogP contribution in [0.5, 0.6) is 0 Å². The Morgan fingerprint density at radius 1 is 1.33 bits per heavy atom. The van der Waals surface area contributed by atoms with Gasteiger partial charge in [-0.05, 0) is 26.4 Å². The van der Waals surface area contributed by atoms with Crippen molar-refractivity contribution in [3.8, 4) is 0 Å². The Labute approximate surface area is 123 Å². The summed E-state index contributed by atoms with van der Waals surface area (Å²) in [5.74, 6) is 0.249. The molecule has 0 aliphatic carbocycles. The molecule has 1 aliphatic rings. The zero-order valence-electron chi connectivity index (χ0n) is 11.6. The molecule has 0 spiro atoms. The predicted octanol–water partition coefficient (Wildman–Crippen LogP) is 1.29. The van der Waals surface area contributed by atoms with E-state index in [1.807, 2.05) is 14.0 Å². The minimum absolute atomic E-state index is 0. The molecule has 6 heteroatoms. The minimum Gasteiger partial charge on any atom is -0.353 e. The van der Waals surface area contributed by atoms with E-state index >= 15 is 0 Å². The summed E-state index contributed by atoms with van der Waals surface area (Å²) in [6.45, 7) is 8.25. The molecule has 1 heterocycles. The largest absolute Gasteiger partial charge is 0.353 e. The molecular weight excluding hydrogens is 273 g/mol. The van der Waals surface area contributed by atoms with Crippen LogP contribution in [0.15, 0.2) is 0 Å². The first-order chi connectivity index (χ1) is 7.67. The fraction of sp³-hybridized carbons (Fsp3) is 0.917. The van der Waals surface area contributed by atoms with Crippen molar-refractivity contribution in [1.82, 2.24) is 15.5 Å². The van der Waals surface area contributed by atoms with Crippen molar-refractivity contribution in [3.63, 3.8) is 0 Å². The molecule has 1 amide bonds. The Hall–Kier alpha value is -0.0300. The second-order valence-electron chi connectivity index (χ2n) is 4.68. The maximum Gasteiger partial charge on any atom is 0.224 e. The molecule has 1 fully saturated rings. The lowest BCUT2D eigenvalue weighted by molar-refractivity contribution is -0.125. The summed E-state index contributed by atoms with van der Waals surface area (Å²) >= 11 is 0. The molecule has 1 atom stereocenters. The van der Waals surface area contributed by atoms with Crippen LogP contribution in [0.4, 0.5) is 0 Å². The molecule has 1 aliphatic heterocycles. The van der Waals surface area contributed by atoms with Gasteiger partial charge < -0.3 is 15.5 Å². The van der Waals surface area contributed by atoms with E-state index in [0.29, 0.717) is 6.04 Å². The van der Waals surface area contributed by atoms with Gasteiger partial charge >= 0.3 is 0 Å². The highest BCUT2D eigenvalue weighted by Crippen LogP contribution is 2.10. The van der Waals surface area contributed by atoms with Crippen LogP contribution in [-0.4, -0.2) is 50.1 Å². The number of likely N-dealkylation sites (tertiary alicyclic amines) is 1. The molecule has 110 valence electrons. The molecule has 0 aromatic heterocycles. The van der Waals surface area contributed by atoms with Crippen LogP contribution >= 0.6 is 24.8 Å². The van der Waals surface area contributed by atoms with E-state index in [1.165, 1.54) is 0 Å². The molecule has 1 rings (SSSR count). The van der Waals surface area contributed by atoms with Gasteiger partial charge in [0.2, 0.25) is 5.91 Å². The summed E-state index contributed by atoms with van der Waals surface area (Å²) in [6.07, 6.45) is 2.18. The van der Waals surface area contributed by atoms with Gasteiger partial charge in [0.25, 0.3) is 0 Å². The van der Waals surface area contributed by atoms with Crippen LogP contribution in [-0.2, 0) is 4.79 Å². The average molecular weight is 300 g/mol. The zero-order valence-corrected chi connectivity index (χ0v) is 13.2. The van der Waals surface area contributed by atoms with E-state index in [4.69, 9.17) is 0 Å². The van der Waals surface area contributed by atoms with Crippen molar-refractivity contribution in [1.29, 1.82) is 0 Å². The van der Waals surface area contributed by atoms with Gasteiger partial charge in [0, 0.05) is 31.6 Å². The molecule has 1 unspecified atom stereocenters. The highest BCUT2D eigenvalue weighted by atomic mass is 35.5. The summed E-state index contributed by atoms with van der Waals surface area (Å²) < 4.78 is 0. The minimum atomic E-state index is 0. The van der Waals surface area contributed by atoms with Gasteiger partial charge in [-0.3, -0.25) is 4.79 Å². The van der Waals surface area contributed by atoms with Gasteiger partial charge in [-0.1, -0.05) is 13.8 Å². The van der Waals surface area contributed by atoms with Gasteiger partial charge in [0.05, 0.1) is 0 Å². The Morgan fingerprint density at radius 3 is 2.33 bits per heavy atom. The fourth-order valence-corrected chi connectivity index (χ4v) is 2.14. The summed E-state index contributed by atoms with van der Waals surface area (Å²) in [5.41, 5.74) is 0. The van der Waals surface area contributed by atoms with Crippen molar-refractivity contribution in [2.24, 2.45) is 5.92 Å². The van der Waals surface area contributed by atoms with Crippen LogP contribution in [0.3, 0.4) is 0 Å². The number of hydrogen-bond donors (Lipinski definition) is 2. The van der Waals surface area contributed by atoms with Gasteiger partial charge in [0.15, 0.2) is 0 Å². The quantitative estimate of drug-likeness (QED) is 0.804. The first-order valence-corrected chi connectivity index (χ1v) is 6.34. The van der Waals surface area contributed by atoms with E-state index in [0.717, 1.165) is 39.0 Å². The van der Waals surface area contributed by atoms with Crippen LogP contribution in [0, 0.1) is 5.92 Å². The second kappa shape index (κ2) is 10.9. The Balaban J connectivity index is 0. The third-order valence-electron chi connectivity index (χ3n) is 3.34. The number of amides is 1. The lowest BCUT2D eigenvalue weighted by Crippen LogP contribution is -2.46. The smallest absolute Gasteiger partial charge is 0.224 e. The molecule has 2 N–H and O–H groups in total. The van der Waals surface area contributed by atoms with Crippen molar-refractivity contribution >= 4 is 30.7 Å². The molecule has 0 bridgehead atoms. The lowest BCUT2D eigenvalue weighted by atomic mass is 10.0. The molecule has 0 saturated carbocycles. The SMILES string of the molecule is CCN1CCC(NC(=O)C(C)CNC)CC1.Cl.Cl. The van der Waals surface area contributed by atoms with E-state index < -0.39 is 0 Å². The van der Waals surface area contributed by atoms with Gasteiger partial charge in [-0.15, -0.1) is 24.8 Å². The van der Waals surface area contributed by atoms with Gasteiger partial charge in [-0.25, -0.2) is 0 Å². The second-order valence-corrected chi connectivity index (χ2v) is 4.68. The zero-order chi connectivity index (χ0) is 12.0. The van der Waals surface area contributed by atoms with Crippen molar-refractivity contribution in [2.75, 3.05) is 33.2 Å². The number of halogens is 2. The maximum atomic E-state index is 11.8. The summed E-state index contributed by atoms with van der Waals surface area (Å²) in [7, 11) is 1.88. The predicted molar refractivity (Wildman–Crippen MR) is 80.9 cm³/mol. The van der Waals surface area contributed by atoms with E-state index in [2.05, 4.69) is 22.5 Å². The van der Waals surface area contributed by atoms with Crippen LogP contribution in [0.2, 0.25) is 0 Å². The van der Waals surface area contributed by atoms with Crippen LogP contribution < -0.4 is 10.6 Å². The molecule has 0 aromatic carbocycles. The summed E-state index contributed by atoms with van der Waals surface area (Å²) in [5, 5.41) is 6.18. The maximum absolute atomic E-state index is 11.8. The number of piperidine rings is 1. The Kier molecular flexibility index (Phi) is 12.2. The van der Waals surface area contributed by atoms with Gasteiger partial charge in [-0.2, -0.15) is 0 Å². The van der Waals surface area contributed by atoms with E-state index in [1.54, 1.807) is 0 Å². The molecule has 0 aromatic rings. The van der Waals surface area contributed by atoms with Crippen LogP contribution in [0.1, 0.15) is 26.7 Å². The molecule has 4 nitrogen and oxygen atoms in total. The summed E-state index contributed by atoms with van der Waals surface area (Å²) in [6, 6.07) is 0.384. The highest BCUT2D eigenvalue weighted by molar-refractivity contribution is 5.85. The molecule has 18 heavy (non-hydrogen) atoms. The Bertz CT molecular complexity index is 221. The van der Waals surface area contributed by atoms with E-state index in [9.17, 15) is 4.79 Å². The monoisotopic (exact) mass is 299 g/mol. The lowest BCUT2D eigenvalue weighted by Gasteiger charge is -2.32. The third-order valence-corrected chi connectivity index (χ3v) is 3.34. The number of hydrogen-bond acceptors (Lipinski definition) is 3. The highest BCUT2D eigenvalue weighted by Gasteiger charge is 2.21.